The van der Waals surface area contributed by atoms with Crippen molar-refractivity contribution >= 4 is 25.5 Å². The summed E-state index contributed by atoms with van der Waals surface area (Å²) < 4.78 is 48.3. The summed E-state index contributed by atoms with van der Waals surface area (Å²) in [5.74, 6) is -0.778. The molecule has 0 aromatic heterocycles. The summed E-state index contributed by atoms with van der Waals surface area (Å²) in [6.45, 7) is 3.72. The lowest BCUT2D eigenvalue weighted by Crippen LogP contribution is -2.39. The van der Waals surface area contributed by atoms with Gasteiger partial charge in [0.1, 0.15) is 9.84 Å². The number of nitrogens with zero attached hydrogens (tertiary/aromatic N) is 1. The highest BCUT2D eigenvalue weighted by molar-refractivity contribution is 7.93. The van der Waals surface area contributed by atoms with Crippen LogP contribution in [0, 0.1) is 0 Å². The van der Waals surface area contributed by atoms with Gasteiger partial charge in [-0.3, -0.25) is 0 Å². The van der Waals surface area contributed by atoms with Crippen molar-refractivity contribution in [2.24, 2.45) is 0 Å². The zero-order valence-corrected chi connectivity index (χ0v) is 14.1. The van der Waals surface area contributed by atoms with Gasteiger partial charge in [0.15, 0.2) is 0 Å². The van der Waals surface area contributed by atoms with Gasteiger partial charge in [-0.2, -0.15) is 4.31 Å². The van der Waals surface area contributed by atoms with Gasteiger partial charge in [-0.25, -0.2) is 16.8 Å². The van der Waals surface area contributed by atoms with Crippen LogP contribution >= 0.6 is 0 Å². The second-order valence-electron chi connectivity index (χ2n) is 5.33. The minimum Gasteiger partial charge on any atom is -0.399 e. The minimum atomic E-state index is -3.64. The number of nitrogens with two attached hydrogens (primary N) is 1. The first kappa shape index (κ1) is 17.9. The summed E-state index contributed by atoms with van der Waals surface area (Å²) in [7, 11) is -6.96. The summed E-state index contributed by atoms with van der Waals surface area (Å²) in [6.07, 6.45) is 1.03. The normalized spacial score (nSPS) is 13.0. The third-order valence-electron chi connectivity index (χ3n) is 2.96. The highest BCUT2D eigenvalue weighted by Crippen LogP contribution is 2.15. The van der Waals surface area contributed by atoms with Crippen LogP contribution in [0.4, 0.5) is 5.69 Å². The van der Waals surface area contributed by atoms with Crippen LogP contribution in [0.5, 0.6) is 0 Å². The summed E-state index contributed by atoms with van der Waals surface area (Å²) in [4.78, 5) is 0. The van der Waals surface area contributed by atoms with Gasteiger partial charge in [-0.05, 0) is 31.5 Å². The fourth-order valence-corrected chi connectivity index (χ4v) is 5.06. The number of benzene rings is 1. The van der Waals surface area contributed by atoms with Gasteiger partial charge in [-0.1, -0.05) is 12.1 Å². The van der Waals surface area contributed by atoms with E-state index in [1.807, 2.05) is 0 Å². The lowest BCUT2D eigenvalue weighted by atomic mass is 10.2. The highest BCUT2D eigenvalue weighted by atomic mass is 32.2. The Bertz CT molecular complexity index is 665. The lowest BCUT2D eigenvalue weighted by Gasteiger charge is -2.26. The van der Waals surface area contributed by atoms with Gasteiger partial charge < -0.3 is 5.73 Å². The molecule has 1 aromatic carbocycles. The van der Waals surface area contributed by atoms with Gasteiger partial charge in [-0.15, -0.1) is 0 Å². The molecule has 0 amide bonds. The smallest absolute Gasteiger partial charge is 0.215 e. The Morgan fingerprint density at radius 2 is 1.57 bits per heavy atom. The van der Waals surface area contributed by atoms with Crippen LogP contribution in [0.25, 0.3) is 0 Å². The Balaban J connectivity index is 2.93. The van der Waals surface area contributed by atoms with Crippen molar-refractivity contribution in [3.05, 3.63) is 29.8 Å². The van der Waals surface area contributed by atoms with Gasteiger partial charge in [0, 0.05) is 24.5 Å². The quantitative estimate of drug-likeness (QED) is 0.746. The largest absolute Gasteiger partial charge is 0.399 e. The number of nitrogen functional groups attached to an aromatic ring is 1. The van der Waals surface area contributed by atoms with Crippen LogP contribution in [0.2, 0.25) is 0 Å². The minimum absolute atomic E-state index is 0.198. The van der Waals surface area contributed by atoms with Crippen LogP contribution in [-0.2, 0) is 26.4 Å². The molecule has 0 fully saturated rings. The molecule has 0 heterocycles. The summed E-state index contributed by atoms with van der Waals surface area (Å²) in [6, 6.07) is 6.67. The molecule has 0 aliphatic carbocycles. The molecule has 8 heteroatoms. The fraction of sp³-hybridized carbons (Fsp3) is 0.538. The van der Waals surface area contributed by atoms with Crippen LogP contribution in [0.15, 0.2) is 24.3 Å². The number of hydrogen-bond donors (Lipinski definition) is 1. The summed E-state index contributed by atoms with van der Waals surface area (Å²) in [5.41, 5.74) is 7.01. The van der Waals surface area contributed by atoms with Crippen LogP contribution < -0.4 is 5.73 Å². The number of sulfone groups is 1. The average Bonchev–Trinajstić information content (AvgIpc) is 2.34. The van der Waals surface area contributed by atoms with E-state index in [1.165, 1.54) is 4.31 Å². The molecule has 6 nitrogen and oxygen atoms in total. The first-order valence-electron chi connectivity index (χ1n) is 6.53. The predicted molar refractivity (Wildman–Crippen MR) is 85.0 cm³/mol. The van der Waals surface area contributed by atoms with E-state index in [2.05, 4.69) is 0 Å². The zero-order valence-electron chi connectivity index (χ0n) is 12.5. The van der Waals surface area contributed by atoms with Crippen LogP contribution in [-0.4, -0.2) is 44.9 Å². The zero-order chi connectivity index (χ0) is 16.3. The van der Waals surface area contributed by atoms with E-state index in [-0.39, 0.29) is 18.3 Å². The highest BCUT2D eigenvalue weighted by Gasteiger charge is 2.26. The summed E-state index contributed by atoms with van der Waals surface area (Å²) >= 11 is 0. The van der Waals surface area contributed by atoms with Crippen LogP contribution in [0.1, 0.15) is 19.4 Å². The maximum absolute atomic E-state index is 12.3. The topological polar surface area (TPSA) is 97.5 Å². The fourth-order valence-electron chi connectivity index (χ4n) is 1.78. The molecule has 0 saturated heterocycles. The number of hydrogen-bond acceptors (Lipinski definition) is 5. The third kappa shape index (κ3) is 6.03. The molecular weight excluding hydrogens is 312 g/mol. The first-order chi connectivity index (χ1) is 9.51. The lowest BCUT2D eigenvalue weighted by molar-refractivity contribution is 0.349. The molecular formula is C13H22N2O4S2. The summed E-state index contributed by atoms with van der Waals surface area (Å²) in [5, 5.41) is 0. The van der Waals surface area contributed by atoms with Crippen molar-refractivity contribution in [2.75, 3.05) is 23.5 Å². The van der Waals surface area contributed by atoms with E-state index in [1.54, 1.807) is 38.1 Å². The van der Waals surface area contributed by atoms with Gasteiger partial charge in [0.2, 0.25) is 10.0 Å². The van der Waals surface area contributed by atoms with Crippen LogP contribution in [0.3, 0.4) is 0 Å². The monoisotopic (exact) mass is 334 g/mol. The van der Waals surface area contributed by atoms with E-state index in [0.29, 0.717) is 5.69 Å². The van der Waals surface area contributed by atoms with Crippen molar-refractivity contribution in [3.63, 3.8) is 0 Å². The van der Waals surface area contributed by atoms with E-state index in [4.69, 9.17) is 5.73 Å². The predicted octanol–water partition coefficient (Wildman–Crippen LogP) is 0.854. The van der Waals surface area contributed by atoms with Crippen molar-refractivity contribution in [1.82, 2.24) is 4.31 Å². The van der Waals surface area contributed by atoms with Crippen molar-refractivity contribution < 1.29 is 16.8 Å². The molecule has 0 radical (unpaired) electrons. The Hall–Kier alpha value is -1.12. The Labute approximate surface area is 126 Å². The molecule has 0 aliphatic heterocycles. The Morgan fingerprint density at radius 3 is 2.00 bits per heavy atom. The standard InChI is InChI=1S/C13H22N2O4S2/c1-11(2)15(10-12-4-6-13(14)7-5-12)21(18,19)9-8-20(3,16)17/h4-7,11H,8-10,14H2,1-3H3. The molecule has 21 heavy (non-hydrogen) atoms. The number of sulfonamides is 1. The van der Waals surface area contributed by atoms with Gasteiger partial charge in [0.25, 0.3) is 0 Å². The first-order valence-corrected chi connectivity index (χ1v) is 10.2. The van der Waals surface area contributed by atoms with E-state index >= 15 is 0 Å². The number of rotatable bonds is 7. The van der Waals surface area contributed by atoms with Gasteiger partial charge >= 0.3 is 0 Å². The second kappa shape index (κ2) is 6.76. The van der Waals surface area contributed by atoms with Crippen molar-refractivity contribution in [2.45, 2.75) is 26.4 Å². The molecule has 2 N–H and O–H groups in total. The molecule has 0 saturated carbocycles. The number of anilines is 1. The van der Waals surface area contributed by atoms with Crippen molar-refractivity contribution in [3.8, 4) is 0 Å². The Morgan fingerprint density at radius 1 is 1.05 bits per heavy atom. The van der Waals surface area contributed by atoms with E-state index < -0.39 is 25.6 Å². The molecule has 0 aliphatic rings. The Kier molecular flexibility index (Phi) is 5.77. The molecule has 1 rings (SSSR count). The maximum atomic E-state index is 12.3. The molecule has 1 aromatic rings. The molecule has 0 atom stereocenters. The molecule has 0 bridgehead atoms. The SMILES string of the molecule is CC(C)N(Cc1ccc(N)cc1)S(=O)(=O)CCS(C)(=O)=O. The van der Waals surface area contributed by atoms with E-state index in [0.717, 1.165) is 11.8 Å². The average molecular weight is 334 g/mol. The van der Waals surface area contributed by atoms with E-state index in [9.17, 15) is 16.8 Å². The molecule has 0 spiro atoms. The maximum Gasteiger partial charge on any atom is 0.215 e. The molecule has 0 unspecified atom stereocenters. The second-order valence-corrected chi connectivity index (χ2v) is 9.63. The molecule has 120 valence electrons. The third-order valence-corrected chi connectivity index (χ3v) is 6.15. The van der Waals surface area contributed by atoms with Gasteiger partial charge in [0.05, 0.1) is 11.5 Å². The van der Waals surface area contributed by atoms with Crippen molar-refractivity contribution in [1.29, 1.82) is 0 Å².